The van der Waals surface area contributed by atoms with Crippen molar-refractivity contribution in [2.75, 3.05) is 0 Å². The van der Waals surface area contributed by atoms with Gasteiger partial charge in [-0.2, -0.15) is 0 Å². The Bertz CT molecular complexity index is 428. The first-order valence-corrected chi connectivity index (χ1v) is 8.14. The molecule has 0 unspecified atom stereocenters. The molecule has 0 aromatic carbocycles. The highest BCUT2D eigenvalue weighted by atomic mass is 16.5. The summed E-state index contributed by atoms with van der Waals surface area (Å²) in [6.07, 6.45) is 8.08. The standard InChI is InChI=1S/C17H27NO2/c1-12-3-7-15(8-4-12)19-11-16-9-13(2)17(20-16)10-18-14-5-6-14/h9,12,14-15,18H,3-8,10-11H2,1-2H3. The maximum Gasteiger partial charge on any atom is 0.130 e. The second-order valence-corrected chi connectivity index (χ2v) is 6.67. The molecule has 2 aliphatic rings. The average molecular weight is 277 g/mol. The molecule has 3 rings (SSSR count). The van der Waals surface area contributed by atoms with E-state index in [1.807, 2.05) is 0 Å². The number of ether oxygens (including phenoxy) is 1. The van der Waals surface area contributed by atoms with Crippen LogP contribution in [0.4, 0.5) is 0 Å². The first-order valence-electron chi connectivity index (χ1n) is 8.14. The molecule has 20 heavy (non-hydrogen) atoms. The minimum absolute atomic E-state index is 0.435. The molecule has 0 atom stereocenters. The van der Waals surface area contributed by atoms with Gasteiger partial charge in [0.2, 0.25) is 0 Å². The molecule has 1 heterocycles. The smallest absolute Gasteiger partial charge is 0.130 e. The lowest BCUT2D eigenvalue weighted by atomic mass is 9.89. The van der Waals surface area contributed by atoms with E-state index in [4.69, 9.17) is 9.15 Å². The van der Waals surface area contributed by atoms with Crippen LogP contribution in [0.2, 0.25) is 0 Å². The summed E-state index contributed by atoms with van der Waals surface area (Å²) in [7, 11) is 0. The molecule has 2 aliphatic carbocycles. The maximum atomic E-state index is 6.01. The first-order chi connectivity index (χ1) is 9.70. The van der Waals surface area contributed by atoms with E-state index in [-0.39, 0.29) is 0 Å². The molecule has 0 amide bonds. The number of hydrogen-bond acceptors (Lipinski definition) is 3. The summed E-state index contributed by atoms with van der Waals surface area (Å²) in [6, 6.07) is 2.86. The second-order valence-electron chi connectivity index (χ2n) is 6.67. The van der Waals surface area contributed by atoms with Gasteiger partial charge in [-0.15, -0.1) is 0 Å². The summed E-state index contributed by atoms with van der Waals surface area (Å²) < 4.78 is 11.9. The van der Waals surface area contributed by atoms with Gasteiger partial charge in [0.25, 0.3) is 0 Å². The first kappa shape index (κ1) is 14.2. The van der Waals surface area contributed by atoms with Crippen molar-refractivity contribution in [1.29, 1.82) is 0 Å². The molecular weight excluding hydrogens is 250 g/mol. The molecular formula is C17H27NO2. The maximum absolute atomic E-state index is 6.01. The second kappa shape index (κ2) is 6.31. The Morgan fingerprint density at radius 2 is 1.95 bits per heavy atom. The number of nitrogens with one attached hydrogen (secondary N) is 1. The highest BCUT2D eigenvalue weighted by molar-refractivity contribution is 5.19. The highest BCUT2D eigenvalue weighted by Gasteiger charge is 2.22. The van der Waals surface area contributed by atoms with Crippen LogP contribution in [0.15, 0.2) is 10.5 Å². The third kappa shape index (κ3) is 3.86. The van der Waals surface area contributed by atoms with Crippen molar-refractivity contribution in [3.05, 3.63) is 23.2 Å². The fourth-order valence-corrected chi connectivity index (χ4v) is 2.96. The minimum atomic E-state index is 0.435. The Kier molecular flexibility index (Phi) is 4.47. The van der Waals surface area contributed by atoms with E-state index in [0.29, 0.717) is 12.7 Å². The lowest BCUT2D eigenvalue weighted by Crippen LogP contribution is -2.20. The van der Waals surface area contributed by atoms with Crippen LogP contribution in [0.3, 0.4) is 0 Å². The van der Waals surface area contributed by atoms with Crippen LogP contribution < -0.4 is 5.32 Å². The zero-order valence-electron chi connectivity index (χ0n) is 12.8. The molecule has 1 aromatic heterocycles. The van der Waals surface area contributed by atoms with Gasteiger partial charge in [0.15, 0.2) is 0 Å². The predicted molar refractivity (Wildman–Crippen MR) is 79.5 cm³/mol. The van der Waals surface area contributed by atoms with Crippen molar-refractivity contribution < 1.29 is 9.15 Å². The van der Waals surface area contributed by atoms with Crippen LogP contribution in [-0.4, -0.2) is 12.1 Å². The zero-order valence-corrected chi connectivity index (χ0v) is 12.8. The molecule has 0 saturated heterocycles. The van der Waals surface area contributed by atoms with Gasteiger partial charge >= 0.3 is 0 Å². The zero-order chi connectivity index (χ0) is 13.9. The number of aryl methyl sites for hydroxylation is 1. The lowest BCUT2D eigenvalue weighted by Gasteiger charge is -2.25. The highest BCUT2D eigenvalue weighted by Crippen LogP contribution is 2.27. The van der Waals surface area contributed by atoms with Gasteiger partial charge in [0.05, 0.1) is 12.6 Å². The molecule has 1 aromatic rings. The van der Waals surface area contributed by atoms with E-state index in [1.165, 1.54) is 44.1 Å². The topological polar surface area (TPSA) is 34.4 Å². The van der Waals surface area contributed by atoms with Crippen molar-refractivity contribution in [2.24, 2.45) is 5.92 Å². The summed E-state index contributed by atoms with van der Waals surface area (Å²) >= 11 is 0. The van der Waals surface area contributed by atoms with Crippen molar-refractivity contribution in [3.8, 4) is 0 Å². The molecule has 0 bridgehead atoms. The quantitative estimate of drug-likeness (QED) is 0.855. The van der Waals surface area contributed by atoms with E-state index in [2.05, 4.69) is 25.2 Å². The largest absolute Gasteiger partial charge is 0.462 e. The molecule has 3 heteroatoms. The summed E-state index contributed by atoms with van der Waals surface area (Å²) in [5.41, 5.74) is 1.24. The van der Waals surface area contributed by atoms with Crippen molar-refractivity contribution in [1.82, 2.24) is 5.32 Å². The normalized spacial score (nSPS) is 26.9. The summed E-state index contributed by atoms with van der Waals surface area (Å²) in [6.45, 7) is 5.95. The van der Waals surface area contributed by atoms with Crippen LogP contribution in [-0.2, 0) is 17.9 Å². The van der Waals surface area contributed by atoms with Gasteiger partial charge < -0.3 is 14.5 Å². The van der Waals surface area contributed by atoms with Gasteiger partial charge in [-0.3, -0.25) is 0 Å². The summed E-state index contributed by atoms with van der Waals surface area (Å²) in [5, 5.41) is 3.50. The van der Waals surface area contributed by atoms with Crippen molar-refractivity contribution >= 4 is 0 Å². The number of hydrogen-bond donors (Lipinski definition) is 1. The van der Waals surface area contributed by atoms with Crippen LogP contribution in [0.5, 0.6) is 0 Å². The monoisotopic (exact) mass is 277 g/mol. The Balaban J connectivity index is 1.46. The summed E-state index contributed by atoms with van der Waals surface area (Å²) in [5.74, 6) is 2.93. The van der Waals surface area contributed by atoms with E-state index >= 15 is 0 Å². The molecule has 2 fully saturated rings. The van der Waals surface area contributed by atoms with Crippen LogP contribution in [0.25, 0.3) is 0 Å². The molecule has 0 spiro atoms. The molecule has 112 valence electrons. The average Bonchev–Trinajstić information content (AvgIpc) is 3.20. The molecule has 3 nitrogen and oxygen atoms in total. The van der Waals surface area contributed by atoms with E-state index < -0.39 is 0 Å². The molecule has 2 saturated carbocycles. The predicted octanol–water partition coefficient (Wildman–Crippen LogP) is 3.94. The fourth-order valence-electron chi connectivity index (χ4n) is 2.96. The van der Waals surface area contributed by atoms with Gasteiger partial charge in [-0.1, -0.05) is 6.92 Å². The van der Waals surface area contributed by atoms with Crippen LogP contribution >= 0.6 is 0 Å². The van der Waals surface area contributed by atoms with E-state index in [1.54, 1.807) is 0 Å². The fraction of sp³-hybridized carbons (Fsp3) is 0.765. The Morgan fingerprint density at radius 3 is 2.65 bits per heavy atom. The van der Waals surface area contributed by atoms with Gasteiger partial charge in [-0.05, 0) is 63.0 Å². The lowest BCUT2D eigenvalue weighted by molar-refractivity contribution is 0.000894. The number of rotatable bonds is 6. The molecule has 1 N–H and O–H groups in total. The van der Waals surface area contributed by atoms with Gasteiger partial charge in [-0.25, -0.2) is 0 Å². The molecule has 0 radical (unpaired) electrons. The molecule has 0 aliphatic heterocycles. The Hall–Kier alpha value is -0.800. The van der Waals surface area contributed by atoms with Gasteiger partial charge in [0, 0.05) is 6.04 Å². The third-order valence-electron chi connectivity index (χ3n) is 4.62. The van der Waals surface area contributed by atoms with Crippen molar-refractivity contribution in [3.63, 3.8) is 0 Å². The van der Waals surface area contributed by atoms with Gasteiger partial charge in [0.1, 0.15) is 18.1 Å². The Labute approximate surface area is 122 Å². The third-order valence-corrected chi connectivity index (χ3v) is 4.62. The van der Waals surface area contributed by atoms with E-state index in [9.17, 15) is 0 Å². The number of furan rings is 1. The Morgan fingerprint density at radius 1 is 1.20 bits per heavy atom. The van der Waals surface area contributed by atoms with Crippen LogP contribution in [0, 0.1) is 12.8 Å². The minimum Gasteiger partial charge on any atom is -0.462 e. The summed E-state index contributed by atoms with van der Waals surface area (Å²) in [4.78, 5) is 0. The SMILES string of the molecule is Cc1cc(COC2CCC(C)CC2)oc1CNC1CC1. The van der Waals surface area contributed by atoms with Crippen molar-refractivity contribution in [2.45, 2.75) is 77.7 Å². The van der Waals surface area contributed by atoms with E-state index in [0.717, 1.165) is 30.0 Å². The van der Waals surface area contributed by atoms with Crippen LogP contribution in [0.1, 0.15) is 62.5 Å².